The number of hydrogen-bond donors (Lipinski definition) is 2. The van der Waals surface area contributed by atoms with Crippen LogP contribution in [0, 0.1) is 0 Å². The minimum atomic E-state index is -0.817. The first-order valence-electron chi connectivity index (χ1n) is 15.5. The Labute approximate surface area is 259 Å². The highest BCUT2D eigenvalue weighted by Crippen LogP contribution is 2.36. The molecule has 9 heteroatoms. The fourth-order valence-electron chi connectivity index (χ4n) is 5.88. The monoisotopic (exact) mass is 601 g/mol. The normalized spacial score (nSPS) is 16.1. The van der Waals surface area contributed by atoms with Crippen molar-refractivity contribution in [2.24, 2.45) is 0 Å². The van der Waals surface area contributed by atoms with Gasteiger partial charge in [-0.05, 0) is 53.5 Å². The summed E-state index contributed by atoms with van der Waals surface area (Å²) in [4.78, 5) is 42.8. The molecule has 44 heavy (non-hydrogen) atoms. The molecule has 2 N–H and O–H groups in total. The van der Waals surface area contributed by atoms with Gasteiger partial charge in [0.05, 0.1) is 31.6 Å². The molecule has 9 nitrogen and oxygen atoms in total. The number of carbonyl (C=O) groups is 3. The molecule has 2 aliphatic rings. The highest BCUT2D eigenvalue weighted by atomic mass is 16.5. The van der Waals surface area contributed by atoms with Crippen LogP contribution in [0.5, 0.6) is 11.5 Å². The van der Waals surface area contributed by atoms with Gasteiger partial charge in [-0.15, -0.1) is 0 Å². The molecular formula is C35H43N3O6. The molecule has 1 aliphatic heterocycles. The predicted octanol–water partition coefficient (Wildman–Crippen LogP) is 5.35. The Balaban J connectivity index is 1.39. The largest absolute Gasteiger partial charge is 0.494 e. The van der Waals surface area contributed by atoms with E-state index in [0.717, 1.165) is 69.5 Å². The van der Waals surface area contributed by atoms with Crippen LogP contribution in [0.3, 0.4) is 0 Å². The van der Waals surface area contributed by atoms with Crippen LogP contribution in [0.1, 0.15) is 72.7 Å². The number of anilines is 1. The van der Waals surface area contributed by atoms with Gasteiger partial charge in [0.1, 0.15) is 12.4 Å². The molecule has 5 rings (SSSR count). The Bertz CT molecular complexity index is 1520. The number of amides is 2. The quantitative estimate of drug-likeness (QED) is 0.238. The van der Waals surface area contributed by atoms with Gasteiger partial charge in [0.25, 0.3) is 17.6 Å². The maximum absolute atomic E-state index is 13.6. The van der Waals surface area contributed by atoms with Crippen molar-refractivity contribution in [1.82, 2.24) is 10.2 Å². The first-order valence-corrected chi connectivity index (χ1v) is 15.5. The molecule has 0 radical (unpaired) electrons. The van der Waals surface area contributed by atoms with Crippen LogP contribution in [0.25, 0.3) is 10.8 Å². The van der Waals surface area contributed by atoms with Crippen LogP contribution in [-0.2, 0) is 14.9 Å². The summed E-state index contributed by atoms with van der Waals surface area (Å²) in [5, 5.41) is 7.27. The summed E-state index contributed by atoms with van der Waals surface area (Å²) in [7, 11) is 1.46. The van der Waals surface area contributed by atoms with Gasteiger partial charge in [-0.25, -0.2) is 0 Å². The average molecular weight is 602 g/mol. The third-order valence-electron chi connectivity index (χ3n) is 8.45. The van der Waals surface area contributed by atoms with Crippen molar-refractivity contribution in [3.8, 4) is 11.5 Å². The van der Waals surface area contributed by atoms with Crippen molar-refractivity contribution in [3.05, 3.63) is 65.2 Å². The van der Waals surface area contributed by atoms with Crippen LogP contribution in [0.4, 0.5) is 5.69 Å². The van der Waals surface area contributed by atoms with Crippen LogP contribution >= 0.6 is 0 Å². The highest BCUT2D eigenvalue weighted by molar-refractivity contribution is 6.48. The molecule has 0 aromatic heterocycles. The molecular weight excluding hydrogens is 558 g/mol. The van der Waals surface area contributed by atoms with E-state index in [1.54, 1.807) is 18.2 Å². The lowest BCUT2D eigenvalue weighted by Crippen LogP contribution is -2.38. The fourth-order valence-corrected chi connectivity index (χ4v) is 5.88. The summed E-state index contributed by atoms with van der Waals surface area (Å²) in [6.07, 6.45) is 4.06. The van der Waals surface area contributed by atoms with Crippen molar-refractivity contribution in [1.29, 1.82) is 0 Å². The highest BCUT2D eigenvalue weighted by Gasteiger charge is 2.28. The second-order valence-corrected chi connectivity index (χ2v) is 12.6. The van der Waals surface area contributed by atoms with E-state index in [-0.39, 0.29) is 34.4 Å². The molecule has 2 fully saturated rings. The number of ketones is 1. The fraction of sp³-hybridized carbons (Fsp3) is 0.457. The number of benzene rings is 3. The Morgan fingerprint density at radius 3 is 2.34 bits per heavy atom. The zero-order chi connectivity index (χ0) is 31.3. The van der Waals surface area contributed by atoms with E-state index in [2.05, 4.69) is 15.5 Å². The summed E-state index contributed by atoms with van der Waals surface area (Å²) in [5.74, 6) is -0.882. The molecule has 234 valence electrons. The van der Waals surface area contributed by atoms with Crippen molar-refractivity contribution >= 4 is 34.1 Å². The summed E-state index contributed by atoms with van der Waals surface area (Å²) < 4.78 is 17.2. The minimum absolute atomic E-state index is 0.115. The van der Waals surface area contributed by atoms with Crippen LogP contribution in [-0.4, -0.2) is 75.1 Å². The summed E-state index contributed by atoms with van der Waals surface area (Å²) in [6, 6.07) is 14.5. The van der Waals surface area contributed by atoms with Crippen LogP contribution in [0.15, 0.2) is 48.5 Å². The molecule has 1 saturated heterocycles. The second-order valence-electron chi connectivity index (χ2n) is 12.6. The third kappa shape index (κ3) is 7.22. The number of methoxy groups -OCH3 is 1. The van der Waals surface area contributed by atoms with Gasteiger partial charge in [0.2, 0.25) is 0 Å². The average Bonchev–Trinajstić information content (AvgIpc) is 3.53. The third-order valence-corrected chi connectivity index (χ3v) is 8.45. The van der Waals surface area contributed by atoms with Gasteiger partial charge >= 0.3 is 0 Å². The summed E-state index contributed by atoms with van der Waals surface area (Å²) in [5.41, 5.74) is 1.39. The van der Waals surface area contributed by atoms with Crippen molar-refractivity contribution in [2.45, 2.75) is 57.9 Å². The molecule has 0 spiro atoms. The van der Waals surface area contributed by atoms with Crippen LogP contribution < -0.4 is 20.1 Å². The SMILES string of the molecule is COc1c(NC(=O)C(=O)c2ccc(OCCN3CCOCC3)c3ccccc23)cc(C(C)(C)C)cc1C(=O)NC1CCCC1. The number of carbonyl (C=O) groups excluding carboxylic acids is 3. The van der Waals surface area contributed by atoms with Crippen molar-refractivity contribution in [3.63, 3.8) is 0 Å². The topological polar surface area (TPSA) is 106 Å². The number of ether oxygens (including phenoxy) is 3. The number of fused-ring (bicyclic) bond motifs is 1. The number of hydrogen-bond acceptors (Lipinski definition) is 7. The zero-order valence-corrected chi connectivity index (χ0v) is 26.2. The maximum atomic E-state index is 13.6. The first-order chi connectivity index (χ1) is 21.2. The molecule has 1 saturated carbocycles. The standard InChI is InChI=1S/C35H43N3O6/c1-35(2,3)23-21-28(33(40)36-24-9-5-6-10-24)32(42-4)29(22-23)37-34(41)31(39)27-13-14-30(26-12-8-7-11-25(26)27)44-20-17-38-15-18-43-19-16-38/h7-8,11-14,21-22,24H,5-6,9-10,15-20H2,1-4H3,(H,36,40)(H,37,41). The van der Waals surface area contributed by atoms with Gasteiger partial charge in [-0.1, -0.05) is 57.9 Å². The lowest BCUT2D eigenvalue weighted by molar-refractivity contribution is -0.112. The smallest absolute Gasteiger partial charge is 0.296 e. The van der Waals surface area contributed by atoms with Gasteiger partial charge in [0.15, 0.2) is 5.75 Å². The molecule has 3 aromatic rings. The van der Waals surface area contributed by atoms with Gasteiger partial charge in [-0.3, -0.25) is 19.3 Å². The van der Waals surface area contributed by atoms with E-state index < -0.39 is 11.7 Å². The molecule has 1 aliphatic carbocycles. The molecule has 0 unspecified atom stereocenters. The molecule has 1 heterocycles. The Hall–Kier alpha value is -3.95. The molecule has 2 amide bonds. The van der Waals surface area contributed by atoms with Crippen molar-refractivity contribution < 1.29 is 28.6 Å². The Morgan fingerprint density at radius 1 is 0.955 bits per heavy atom. The molecule has 3 aromatic carbocycles. The molecule has 0 atom stereocenters. The summed E-state index contributed by atoms with van der Waals surface area (Å²) in [6.45, 7) is 10.6. The number of rotatable bonds is 10. The number of morpholine rings is 1. The summed E-state index contributed by atoms with van der Waals surface area (Å²) >= 11 is 0. The van der Waals surface area contributed by atoms with E-state index >= 15 is 0 Å². The van der Waals surface area contributed by atoms with Crippen LogP contribution in [0.2, 0.25) is 0 Å². The number of Topliss-reactive ketones (excluding diaryl/α,β-unsaturated/α-hetero) is 1. The maximum Gasteiger partial charge on any atom is 0.296 e. The number of nitrogens with one attached hydrogen (secondary N) is 2. The lowest BCUT2D eigenvalue weighted by Gasteiger charge is -2.26. The van der Waals surface area contributed by atoms with Gasteiger partial charge < -0.3 is 24.8 Å². The van der Waals surface area contributed by atoms with Gasteiger partial charge in [-0.2, -0.15) is 0 Å². The van der Waals surface area contributed by atoms with E-state index in [1.165, 1.54) is 7.11 Å². The Kier molecular flexibility index (Phi) is 9.86. The van der Waals surface area contributed by atoms with E-state index in [4.69, 9.17) is 14.2 Å². The predicted molar refractivity (Wildman–Crippen MR) is 171 cm³/mol. The lowest BCUT2D eigenvalue weighted by atomic mass is 9.85. The van der Waals surface area contributed by atoms with E-state index in [0.29, 0.717) is 23.3 Å². The van der Waals surface area contributed by atoms with E-state index in [9.17, 15) is 14.4 Å². The zero-order valence-electron chi connectivity index (χ0n) is 26.2. The minimum Gasteiger partial charge on any atom is -0.494 e. The second kappa shape index (κ2) is 13.8. The molecule has 0 bridgehead atoms. The number of nitrogens with zero attached hydrogens (tertiary/aromatic N) is 1. The Morgan fingerprint density at radius 2 is 1.66 bits per heavy atom. The first kappa shape index (κ1) is 31.5. The van der Waals surface area contributed by atoms with E-state index in [1.807, 2.05) is 51.1 Å². The van der Waals surface area contributed by atoms with Crippen molar-refractivity contribution in [2.75, 3.05) is 51.9 Å². The van der Waals surface area contributed by atoms with Gasteiger partial charge in [0, 0.05) is 36.6 Å².